The summed E-state index contributed by atoms with van der Waals surface area (Å²) in [6.07, 6.45) is 8.36. The number of ketones is 1. The molecule has 1 aliphatic carbocycles. The molecule has 5 rings (SSSR count). The van der Waals surface area contributed by atoms with Gasteiger partial charge < -0.3 is 14.6 Å². The molecule has 1 aliphatic heterocycles. The Morgan fingerprint density at radius 3 is 2.50 bits per heavy atom. The molecule has 32 heavy (non-hydrogen) atoms. The number of rotatable bonds is 4. The highest BCUT2D eigenvalue weighted by Gasteiger charge is 2.49. The van der Waals surface area contributed by atoms with Gasteiger partial charge in [0.1, 0.15) is 5.76 Å². The fraction of sp³-hybridized carbons (Fsp3) is 0.333. The van der Waals surface area contributed by atoms with E-state index >= 15 is 0 Å². The minimum atomic E-state index is -0.642. The van der Waals surface area contributed by atoms with E-state index in [0.29, 0.717) is 23.0 Å². The number of aryl methyl sites for hydroxylation is 1. The highest BCUT2D eigenvalue weighted by Crippen LogP contribution is 2.41. The maximum atomic E-state index is 13.2. The van der Waals surface area contributed by atoms with E-state index in [0.717, 1.165) is 37.7 Å². The van der Waals surface area contributed by atoms with Crippen molar-refractivity contribution in [3.8, 4) is 11.4 Å². The van der Waals surface area contributed by atoms with Crippen LogP contribution in [0.4, 0.5) is 5.69 Å². The second-order valence-electron chi connectivity index (χ2n) is 8.39. The van der Waals surface area contributed by atoms with Crippen LogP contribution in [0, 0.1) is 12.8 Å². The smallest absolute Gasteiger partial charge is 0.299 e. The first-order valence-corrected chi connectivity index (χ1v) is 10.9. The highest BCUT2D eigenvalue weighted by atomic mass is 16.5. The molecular weight excluding hydrogens is 408 g/mol. The molecule has 1 saturated heterocycles. The molecule has 1 amide bonds. The number of aliphatic hydroxyl groups is 1. The third kappa shape index (κ3) is 3.41. The standard InChI is InChI=1S/C24H24N4O4/c1-14-26-23(27-32-14)16-7-9-18(10-8-16)28-20(15-5-3-2-4-6-15)19(22(30)24(28)31)21(29)17-11-12-25-13-17/h7-13,15,20,25,29H,2-6H2,1H3. The summed E-state index contributed by atoms with van der Waals surface area (Å²) >= 11 is 0. The summed E-state index contributed by atoms with van der Waals surface area (Å²) < 4.78 is 5.05. The molecule has 1 unspecified atom stereocenters. The van der Waals surface area contributed by atoms with E-state index < -0.39 is 17.7 Å². The predicted octanol–water partition coefficient (Wildman–Crippen LogP) is 4.21. The summed E-state index contributed by atoms with van der Waals surface area (Å²) in [7, 11) is 0. The number of nitrogens with one attached hydrogen (secondary N) is 1. The number of amides is 1. The van der Waals surface area contributed by atoms with E-state index in [1.54, 1.807) is 42.4 Å². The molecule has 2 N–H and O–H groups in total. The average Bonchev–Trinajstić information content (AvgIpc) is 3.55. The average molecular weight is 432 g/mol. The number of anilines is 1. The number of benzene rings is 1. The lowest BCUT2D eigenvalue weighted by atomic mass is 9.80. The Bertz CT molecular complexity index is 1170. The minimum Gasteiger partial charge on any atom is -0.507 e. The zero-order chi connectivity index (χ0) is 22.2. The first-order chi connectivity index (χ1) is 15.5. The van der Waals surface area contributed by atoms with Crippen LogP contribution < -0.4 is 4.90 Å². The molecule has 1 atom stereocenters. The molecule has 1 saturated carbocycles. The largest absolute Gasteiger partial charge is 0.507 e. The van der Waals surface area contributed by atoms with Gasteiger partial charge in [0.05, 0.1) is 11.6 Å². The Balaban J connectivity index is 1.57. The molecule has 2 aliphatic rings. The zero-order valence-electron chi connectivity index (χ0n) is 17.7. The number of aliphatic hydroxyl groups excluding tert-OH is 1. The number of hydrogen-bond donors (Lipinski definition) is 2. The van der Waals surface area contributed by atoms with Crippen molar-refractivity contribution in [3.63, 3.8) is 0 Å². The number of nitrogens with zero attached hydrogens (tertiary/aromatic N) is 3. The fourth-order valence-corrected chi connectivity index (χ4v) is 4.85. The molecular formula is C24H24N4O4. The van der Waals surface area contributed by atoms with Gasteiger partial charge in [-0.05, 0) is 49.1 Å². The fourth-order valence-electron chi connectivity index (χ4n) is 4.85. The van der Waals surface area contributed by atoms with E-state index in [2.05, 4.69) is 15.1 Å². The molecule has 0 bridgehead atoms. The first-order valence-electron chi connectivity index (χ1n) is 10.9. The predicted molar refractivity (Wildman–Crippen MR) is 118 cm³/mol. The molecule has 2 fully saturated rings. The van der Waals surface area contributed by atoms with Crippen molar-refractivity contribution in [2.45, 2.75) is 45.1 Å². The van der Waals surface area contributed by atoms with Crippen LogP contribution in [0.3, 0.4) is 0 Å². The van der Waals surface area contributed by atoms with Crippen molar-refractivity contribution in [2.24, 2.45) is 5.92 Å². The van der Waals surface area contributed by atoms with Crippen molar-refractivity contribution in [3.05, 3.63) is 59.8 Å². The molecule has 8 nitrogen and oxygen atoms in total. The van der Waals surface area contributed by atoms with Crippen LogP contribution in [0.15, 0.2) is 52.8 Å². The van der Waals surface area contributed by atoms with E-state index in [4.69, 9.17) is 4.52 Å². The molecule has 0 spiro atoms. The van der Waals surface area contributed by atoms with E-state index in [9.17, 15) is 14.7 Å². The zero-order valence-corrected chi connectivity index (χ0v) is 17.7. The monoisotopic (exact) mass is 432 g/mol. The maximum Gasteiger partial charge on any atom is 0.299 e. The van der Waals surface area contributed by atoms with Gasteiger partial charge in [-0.2, -0.15) is 4.98 Å². The van der Waals surface area contributed by atoms with Crippen molar-refractivity contribution in [2.75, 3.05) is 4.90 Å². The van der Waals surface area contributed by atoms with Gasteiger partial charge in [-0.3, -0.25) is 14.5 Å². The number of hydrogen-bond acceptors (Lipinski definition) is 6. The van der Waals surface area contributed by atoms with Crippen molar-refractivity contribution in [1.29, 1.82) is 0 Å². The number of Topliss-reactive ketones (excluding diaryl/α,β-unsaturated/α-hetero) is 1. The van der Waals surface area contributed by atoms with Crippen molar-refractivity contribution in [1.82, 2.24) is 15.1 Å². The van der Waals surface area contributed by atoms with Crippen LogP contribution in [0.1, 0.15) is 43.6 Å². The van der Waals surface area contributed by atoms with Gasteiger partial charge in [-0.15, -0.1) is 0 Å². The number of H-pyrrole nitrogens is 1. The number of carbonyl (C=O) groups excluding carboxylic acids is 2. The minimum absolute atomic E-state index is 0.106. The van der Waals surface area contributed by atoms with Gasteiger partial charge in [-0.25, -0.2) is 0 Å². The maximum absolute atomic E-state index is 13.2. The van der Waals surface area contributed by atoms with Crippen LogP contribution >= 0.6 is 0 Å². The van der Waals surface area contributed by atoms with E-state index in [1.165, 1.54) is 0 Å². The number of aromatic amines is 1. The van der Waals surface area contributed by atoms with Gasteiger partial charge in [0.25, 0.3) is 11.7 Å². The Morgan fingerprint density at radius 1 is 1.12 bits per heavy atom. The van der Waals surface area contributed by atoms with Crippen LogP contribution in [0.25, 0.3) is 17.1 Å². The van der Waals surface area contributed by atoms with E-state index in [-0.39, 0.29) is 17.3 Å². The van der Waals surface area contributed by atoms with E-state index in [1.807, 2.05) is 12.1 Å². The van der Waals surface area contributed by atoms with Crippen LogP contribution in [-0.4, -0.2) is 38.0 Å². The summed E-state index contributed by atoms with van der Waals surface area (Å²) in [6, 6.07) is 8.40. The molecule has 164 valence electrons. The van der Waals surface area contributed by atoms with Gasteiger partial charge in [0, 0.05) is 36.1 Å². The Hall–Kier alpha value is -3.68. The Morgan fingerprint density at radius 2 is 1.88 bits per heavy atom. The molecule has 0 radical (unpaired) electrons. The Labute approximate surface area is 184 Å². The molecule has 3 heterocycles. The lowest BCUT2D eigenvalue weighted by Crippen LogP contribution is -2.40. The summed E-state index contributed by atoms with van der Waals surface area (Å²) in [6.45, 7) is 1.72. The first kappa shape index (κ1) is 20.2. The van der Waals surface area contributed by atoms with Gasteiger partial charge in [0.15, 0.2) is 0 Å². The third-order valence-electron chi connectivity index (χ3n) is 6.39. The third-order valence-corrected chi connectivity index (χ3v) is 6.39. The number of carbonyl (C=O) groups is 2. The van der Waals surface area contributed by atoms with Crippen LogP contribution in [-0.2, 0) is 9.59 Å². The molecule has 3 aromatic rings. The van der Waals surface area contributed by atoms with Crippen LogP contribution in [0.2, 0.25) is 0 Å². The quantitative estimate of drug-likeness (QED) is 0.363. The Kier molecular flexibility index (Phi) is 5.13. The van der Waals surface area contributed by atoms with Crippen molar-refractivity contribution >= 4 is 23.1 Å². The second-order valence-corrected chi connectivity index (χ2v) is 8.39. The van der Waals surface area contributed by atoms with Gasteiger partial charge >= 0.3 is 0 Å². The lowest BCUT2D eigenvalue weighted by molar-refractivity contribution is -0.132. The SMILES string of the molecule is Cc1nc(-c2ccc(N3C(=O)C(=O)C(=C(O)c4cc[nH]c4)C3C3CCCCC3)cc2)no1. The second kappa shape index (κ2) is 8.11. The molecule has 2 aromatic heterocycles. The lowest BCUT2D eigenvalue weighted by Gasteiger charge is -2.34. The van der Waals surface area contributed by atoms with Crippen molar-refractivity contribution < 1.29 is 19.2 Å². The molecule has 8 heteroatoms. The summed E-state index contributed by atoms with van der Waals surface area (Å²) in [5.41, 5.74) is 2.06. The highest BCUT2D eigenvalue weighted by molar-refractivity contribution is 6.51. The van der Waals surface area contributed by atoms with Gasteiger partial charge in [-0.1, -0.05) is 24.4 Å². The van der Waals surface area contributed by atoms with Crippen LogP contribution in [0.5, 0.6) is 0 Å². The topological polar surface area (TPSA) is 112 Å². The normalized spacial score (nSPS) is 21.4. The molecule has 1 aromatic carbocycles. The summed E-state index contributed by atoms with van der Waals surface area (Å²) in [4.78, 5) is 35.0. The summed E-state index contributed by atoms with van der Waals surface area (Å²) in [5.74, 6) is -0.335. The van der Waals surface area contributed by atoms with Gasteiger partial charge in [0.2, 0.25) is 11.7 Å². The number of aromatic nitrogens is 3. The summed E-state index contributed by atoms with van der Waals surface area (Å²) in [5, 5.41) is 14.9.